The third kappa shape index (κ3) is 6.15. The van der Waals surface area contributed by atoms with Crippen LogP contribution in [-0.4, -0.2) is 26.5 Å². The van der Waals surface area contributed by atoms with Crippen LogP contribution in [0.5, 0.6) is 0 Å². The lowest BCUT2D eigenvalue weighted by Crippen LogP contribution is -2.23. The number of sulfone groups is 1. The molecule has 21 heavy (non-hydrogen) atoms. The van der Waals surface area contributed by atoms with Crippen molar-refractivity contribution in [2.24, 2.45) is 0 Å². The molecule has 0 aromatic heterocycles. The molecule has 1 aromatic rings. The van der Waals surface area contributed by atoms with Crippen molar-refractivity contribution >= 4 is 33.0 Å². The van der Waals surface area contributed by atoms with Gasteiger partial charge in [0.1, 0.15) is 9.84 Å². The fourth-order valence-corrected chi connectivity index (χ4v) is 3.72. The van der Waals surface area contributed by atoms with Crippen molar-refractivity contribution in [2.75, 3.05) is 18.1 Å². The van der Waals surface area contributed by atoms with Gasteiger partial charge in [0.25, 0.3) is 0 Å². The Kier molecular flexibility index (Phi) is 8.03. The average Bonchev–Trinajstić information content (AvgIpc) is 2.43. The largest absolute Gasteiger partial charge is 0.310 e. The SMILES string of the molecule is CCCNC(CCCS(=O)(=O)CC)c1c(Cl)cccc1Cl. The number of rotatable bonds is 9. The van der Waals surface area contributed by atoms with Gasteiger partial charge in [-0.05, 0) is 37.9 Å². The molecule has 0 aliphatic carbocycles. The highest BCUT2D eigenvalue weighted by Gasteiger charge is 2.18. The standard InChI is InChI=1S/C15H23Cl2NO2S/c1-3-10-18-14(9-6-11-21(19,20)4-2)15-12(16)7-5-8-13(15)17/h5,7-8,14,18H,3-4,6,9-11H2,1-2H3. The second-order valence-electron chi connectivity index (χ2n) is 5.02. The van der Waals surface area contributed by atoms with Crippen LogP contribution in [-0.2, 0) is 9.84 Å². The van der Waals surface area contributed by atoms with E-state index < -0.39 is 9.84 Å². The number of benzene rings is 1. The molecule has 0 amide bonds. The molecule has 120 valence electrons. The van der Waals surface area contributed by atoms with Gasteiger partial charge in [0.15, 0.2) is 0 Å². The minimum Gasteiger partial charge on any atom is -0.310 e. The molecule has 1 rings (SSSR count). The van der Waals surface area contributed by atoms with Gasteiger partial charge in [0.2, 0.25) is 0 Å². The number of hydrogen-bond acceptors (Lipinski definition) is 3. The molecular formula is C15H23Cl2NO2S. The second-order valence-corrected chi connectivity index (χ2v) is 8.31. The topological polar surface area (TPSA) is 46.2 Å². The predicted molar refractivity (Wildman–Crippen MR) is 91.1 cm³/mol. The molecule has 1 N–H and O–H groups in total. The molecule has 0 saturated carbocycles. The van der Waals surface area contributed by atoms with Gasteiger partial charge in [-0.1, -0.05) is 43.1 Å². The van der Waals surface area contributed by atoms with Crippen LogP contribution in [0.2, 0.25) is 10.0 Å². The maximum absolute atomic E-state index is 11.6. The molecule has 1 atom stereocenters. The third-order valence-corrected chi connectivity index (χ3v) is 5.83. The van der Waals surface area contributed by atoms with Gasteiger partial charge < -0.3 is 5.32 Å². The van der Waals surface area contributed by atoms with Gasteiger partial charge >= 0.3 is 0 Å². The van der Waals surface area contributed by atoms with E-state index in [1.165, 1.54) is 0 Å². The minimum absolute atomic E-state index is 0.0155. The van der Waals surface area contributed by atoms with Crippen LogP contribution in [0.4, 0.5) is 0 Å². The monoisotopic (exact) mass is 351 g/mol. The van der Waals surface area contributed by atoms with Crippen molar-refractivity contribution < 1.29 is 8.42 Å². The summed E-state index contributed by atoms with van der Waals surface area (Å²) in [5.74, 6) is 0.392. The first-order valence-electron chi connectivity index (χ1n) is 7.29. The molecule has 0 spiro atoms. The Balaban J connectivity index is 2.81. The van der Waals surface area contributed by atoms with E-state index in [0.717, 1.165) is 18.5 Å². The summed E-state index contributed by atoms with van der Waals surface area (Å²) in [4.78, 5) is 0. The van der Waals surface area contributed by atoms with Crippen LogP contribution < -0.4 is 5.32 Å². The summed E-state index contributed by atoms with van der Waals surface area (Å²) >= 11 is 12.5. The maximum atomic E-state index is 11.6. The fraction of sp³-hybridized carbons (Fsp3) is 0.600. The predicted octanol–water partition coefficient (Wildman–Crippen LogP) is 4.25. The fourth-order valence-electron chi connectivity index (χ4n) is 2.16. The smallest absolute Gasteiger partial charge is 0.150 e. The average molecular weight is 352 g/mol. The van der Waals surface area contributed by atoms with Gasteiger partial charge in [0.05, 0.1) is 5.75 Å². The van der Waals surface area contributed by atoms with Crippen LogP contribution in [0.15, 0.2) is 18.2 Å². The van der Waals surface area contributed by atoms with E-state index in [1.54, 1.807) is 6.92 Å². The Morgan fingerprint density at radius 1 is 1.19 bits per heavy atom. The Bertz CT molecular complexity index is 526. The summed E-state index contributed by atoms with van der Waals surface area (Å²) < 4.78 is 23.2. The molecule has 0 heterocycles. The number of halogens is 2. The van der Waals surface area contributed by atoms with E-state index >= 15 is 0 Å². The van der Waals surface area contributed by atoms with Crippen molar-refractivity contribution in [1.29, 1.82) is 0 Å². The molecule has 6 heteroatoms. The molecule has 1 unspecified atom stereocenters. The first-order valence-corrected chi connectivity index (χ1v) is 9.86. The van der Waals surface area contributed by atoms with Crippen molar-refractivity contribution in [2.45, 2.75) is 39.2 Å². The zero-order valence-corrected chi connectivity index (χ0v) is 14.9. The molecule has 3 nitrogen and oxygen atoms in total. The summed E-state index contributed by atoms with van der Waals surface area (Å²) in [6.07, 6.45) is 2.29. The second kappa shape index (κ2) is 8.99. The van der Waals surface area contributed by atoms with E-state index in [2.05, 4.69) is 12.2 Å². The normalized spacial score (nSPS) is 13.3. The minimum atomic E-state index is -2.93. The first kappa shape index (κ1) is 18.8. The summed E-state index contributed by atoms with van der Waals surface area (Å²) in [5.41, 5.74) is 0.864. The molecule has 0 aliphatic rings. The summed E-state index contributed by atoms with van der Waals surface area (Å²) in [6, 6.07) is 5.42. The lowest BCUT2D eigenvalue weighted by Gasteiger charge is -2.21. The highest BCUT2D eigenvalue weighted by molar-refractivity contribution is 7.91. The van der Waals surface area contributed by atoms with Crippen LogP contribution in [0.3, 0.4) is 0 Å². The van der Waals surface area contributed by atoms with Crippen molar-refractivity contribution in [3.63, 3.8) is 0 Å². The number of hydrogen-bond donors (Lipinski definition) is 1. The first-order chi connectivity index (χ1) is 9.91. The summed E-state index contributed by atoms with van der Waals surface area (Å²) in [5, 5.41) is 4.65. The van der Waals surface area contributed by atoms with Crippen LogP contribution in [0, 0.1) is 0 Å². The van der Waals surface area contributed by atoms with Crippen LogP contribution in [0.25, 0.3) is 0 Å². The van der Waals surface area contributed by atoms with E-state index in [1.807, 2.05) is 18.2 Å². The Morgan fingerprint density at radius 2 is 1.81 bits per heavy atom. The molecule has 1 aromatic carbocycles. The van der Waals surface area contributed by atoms with Gasteiger partial charge in [-0.2, -0.15) is 0 Å². The van der Waals surface area contributed by atoms with E-state index in [9.17, 15) is 8.42 Å². The highest BCUT2D eigenvalue weighted by atomic mass is 35.5. The molecule has 0 fully saturated rings. The lowest BCUT2D eigenvalue weighted by atomic mass is 10.0. The third-order valence-electron chi connectivity index (χ3n) is 3.38. The molecular weight excluding hydrogens is 329 g/mol. The van der Waals surface area contributed by atoms with E-state index in [0.29, 0.717) is 22.9 Å². The molecule has 0 bridgehead atoms. The highest BCUT2D eigenvalue weighted by Crippen LogP contribution is 2.32. The van der Waals surface area contributed by atoms with Crippen molar-refractivity contribution in [3.8, 4) is 0 Å². The summed E-state index contributed by atoms with van der Waals surface area (Å²) in [7, 11) is -2.93. The van der Waals surface area contributed by atoms with Crippen LogP contribution in [0.1, 0.15) is 44.7 Å². The number of nitrogens with one attached hydrogen (secondary N) is 1. The molecule has 0 radical (unpaired) electrons. The Labute approximate surface area is 137 Å². The van der Waals surface area contributed by atoms with Gasteiger partial charge in [0, 0.05) is 27.4 Å². The molecule has 0 aliphatic heterocycles. The van der Waals surface area contributed by atoms with Gasteiger partial charge in [-0.15, -0.1) is 0 Å². The Morgan fingerprint density at radius 3 is 2.33 bits per heavy atom. The van der Waals surface area contributed by atoms with E-state index in [4.69, 9.17) is 23.2 Å². The zero-order chi connectivity index (χ0) is 15.9. The zero-order valence-electron chi connectivity index (χ0n) is 12.5. The summed E-state index contributed by atoms with van der Waals surface area (Å²) in [6.45, 7) is 4.60. The van der Waals surface area contributed by atoms with E-state index in [-0.39, 0.29) is 17.5 Å². The Hall–Kier alpha value is -0.290. The molecule has 0 saturated heterocycles. The lowest BCUT2D eigenvalue weighted by molar-refractivity contribution is 0.492. The van der Waals surface area contributed by atoms with Crippen LogP contribution >= 0.6 is 23.2 Å². The van der Waals surface area contributed by atoms with Gasteiger partial charge in [-0.3, -0.25) is 0 Å². The maximum Gasteiger partial charge on any atom is 0.150 e. The quantitative estimate of drug-likeness (QED) is 0.723. The van der Waals surface area contributed by atoms with Crippen molar-refractivity contribution in [1.82, 2.24) is 5.32 Å². The van der Waals surface area contributed by atoms with Gasteiger partial charge in [-0.25, -0.2) is 8.42 Å². The van der Waals surface area contributed by atoms with Crippen molar-refractivity contribution in [3.05, 3.63) is 33.8 Å².